The van der Waals surface area contributed by atoms with Crippen LogP contribution in [0.15, 0.2) is 42.5 Å². The lowest BCUT2D eigenvalue weighted by Gasteiger charge is -2.33. The van der Waals surface area contributed by atoms with E-state index in [1.807, 2.05) is 41.1 Å². The van der Waals surface area contributed by atoms with Gasteiger partial charge in [-0.1, -0.05) is 12.1 Å². The number of quaternary nitrogens is 1. The number of aryl methyl sites for hydroxylation is 1. The van der Waals surface area contributed by atoms with E-state index in [2.05, 4.69) is 35.2 Å². The Labute approximate surface area is 181 Å². The third-order valence-corrected chi connectivity index (χ3v) is 6.31. The summed E-state index contributed by atoms with van der Waals surface area (Å²) < 4.78 is 4.20. The van der Waals surface area contributed by atoms with E-state index in [9.17, 15) is 4.79 Å². The summed E-state index contributed by atoms with van der Waals surface area (Å²) in [7, 11) is 0. The van der Waals surface area contributed by atoms with Gasteiger partial charge in [-0.3, -0.25) is 4.79 Å². The van der Waals surface area contributed by atoms with Gasteiger partial charge in [0.1, 0.15) is 0 Å². The van der Waals surface area contributed by atoms with Crippen molar-refractivity contribution in [1.29, 1.82) is 0 Å². The first-order chi connectivity index (χ1) is 14.4. The van der Waals surface area contributed by atoms with Crippen molar-refractivity contribution < 1.29 is 9.69 Å². The molecule has 8 heteroatoms. The summed E-state index contributed by atoms with van der Waals surface area (Å²) in [6.07, 6.45) is 0. The minimum Gasteiger partial charge on any atom is -0.360 e. The quantitative estimate of drug-likeness (QED) is 0.502. The van der Waals surface area contributed by atoms with E-state index in [4.69, 9.17) is 12.2 Å². The molecule has 0 amide bonds. The van der Waals surface area contributed by atoms with Crippen LogP contribution in [-0.2, 0) is 6.67 Å². The number of tetrazole rings is 1. The molecule has 1 aliphatic rings. The zero-order chi connectivity index (χ0) is 21.3. The van der Waals surface area contributed by atoms with Gasteiger partial charge in [0, 0.05) is 11.3 Å². The predicted molar refractivity (Wildman–Crippen MR) is 119 cm³/mol. The molecule has 4 rings (SSSR count). The number of piperazine rings is 1. The van der Waals surface area contributed by atoms with Crippen molar-refractivity contribution >= 4 is 23.7 Å². The highest BCUT2D eigenvalue weighted by molar-refractivity contribution is 7.71. The van der Waals surface area contributed by atoms with Gasteiger partial charge in [-0.25, -0.2) is 0 Å². The number of rotatable bonds is 5. The Bertz CT molecular complexity index is 1110. The van der Waals surface area contributed by atoms with E-state index in [0.29, 0.717) is 11.4 Å². The number of nitrogens with one attached hydrogen (secondary N) is 1. The molecule has 1 saturated heterocycles. The molecule has 1 aromatic heterocycles. The van der Waals surface area contributed by atoms with Crippen molar-refractivity contribution in [3.63, 3.8) is 0 Å². The van der Waals surface area contributed by atoms with Crippen LogP contribution in [0.25, 0.3) is 5.69 Å². The fourth-order valence-corrected chi connectivity index (χ4v) is 4.08. The van der Waals surface area contributed by atoms with Crippen molar-refractivity contribution in [3.8, 4) is 5.69 Å². The monoisotopic (exact) mass is 423 g/mol. The van der Waals surface area contributed by atoms with E-state index in [0.717, 1.165) is 48.7 Å². The molecule has 1 N–H and O–H groups in total. The van der Waals surface area contributed by atoms with Gasteiger partial charge >= 0.3 is 0 Å². The second-order valence-corrected chi connectivity index (χ2v) is 8.26. The molecule has 0 radical (unpaired) electrons. The van der Waals surface area contributed by atoms with Crippen LogP contribution in [0, 0.1) is 18.6 Å². The van der Waals surface area contributed by atoms with Crippen molar-refractivity contribution in [2.75, 3.05) is 31.1 Å². The molecule has 1 fully saturated rings. The van der Waals surface area contributed by atoms with Crippen molar-refractivity contribution in [2.45, 2.75) is 27.4 Å². The lowest BCUT2D eigenvalue weighted by Crippen LogP contribution is -3.14. The standard InChI is InChI=1S/C22H26N6OS/c1-16-5-4-6-21(17(16)2)28-22(30)27(23-24-28)15-25-11-13-26(14-12-25)20-9-7-19(8-10-20)18(3)29/h4-10H,11-15H2,1-3H3/p+1. The van der Waals surface area contributed by atoms with E-state index in [1.54, 1.807) is 11.6 Å². The van der Waals surface area contributed by atoms with Crippen LogP contribution in [0.2, 0.25) is 0 Å². The molecule has 2 heterocycles. The number of aromatic nitrogens is 4. The van der Waals surface area contributed by atoms with Crippen LogP contribution in [0.3, 0.4) is 0 Å². The van der Waals surface area contributed by atoms with Crippen LogP contribution < -0.4 is 9.80 Å². The van der Waals surface area contributed by atoms with Crippen LogP contribution in [-0.4, -0.2) is 51.8 Å². The number of hydrogen-bond donors (Lipinski definition) is 1. The minimum absolute atomic E-state index is 0.0986. The fraction of sp³-hybridized carbons (Fsp3) is 0.364. The molecule has 30 heavy (non-hydrogen) atoms. The van der Waals surface area contributed by atoms with Crippen molar-refractivity contribution in [3.05, 3.63) is 63.9 Å². The van der Waals surface area contributed by atoms with Crippen LogP contribution >= 0.6 is 12.2 Å². The summed E-state index contributed by atoms with van der Waals surface area (Å²) in [6, 6.07) is 14.0. The molecule has 0 spiro atoms. The lowest BCUT2D eigenvalue weighted by atomic mass is 10.1. The van der Waals surface area contributed by atoms with E-state index in [1.165, 1.54) is 10.5 Å². The number of ketones is 1. The number of nitrogens with zero attached hydrogens (tertiary/aromatic N) is 5. The number of anilines is 1. The van der Waals surface area contributed by atoms with E-state index < -0.39 is 0 Å². The molecule has 0 bridgehead atoms. The Morgan fingerprint density at radius 2 is 1.77 bits per heavy atom. The van der Waals surface area contributed by atoms with Crippen LogP contribution in [0.5, 0.6) is 0 Å². The summed E-state index contributed by atoms with van der Waals surface area (Å²) in [5.41, 5.74) is 5.28. The topological polar surface area (TPSA) is 60.4 Å². The number of carbonyl (C=O) groups excluding carboxylic acids is 1. The molecule has 7 nitrogen and oxygen atoms in total. The largest absolute Gasteiger partial charge is 0.360 e. The molecule has 0 unspecified atom stereocenters. The third-order valence-electron chi connectivity index (χ3n) is 5.93. The smallest absolute Gasteiger partial charge is 0.225 e. The third kappa shape index (κ3) is 4.06. The van der Waals surface area contributed by atoms with Gasteiger partial charge in [-0.05, 0) is 84.9 Å². The molecular formula is C22H27N6OS+. The molecule has 0 saturated carbocycles. The number of Topliss-reactive ketones (excluding diaryl/α,β-unsaturated/α-hetero) is 1. The number of benzene rings is 2. The fourth-order valence-electron chi connectivity index (χ4n) is 3.85. The summed E-state index contributed by atoms with van der Waals surface area (Å²) in [5.74, 6) is 0.0986. The maximum Gasteiger partial charge on any atom is 0.225 e. The highest BCUT2D eigenvalue weighted by Crippen LogP contribution is 2.17. The summed E-state index contributed by atoms with van der Waals surface area (Å²) in [6.45, 7) is 10.4. The van der Waals surface area contributed by atoms with Gasteiger partial charge in [0.05, 0.1) is 31.9 Å². The molecular weight excluding hydrogens is 396 g/mol. The highest BCUT2D eigenvalue weighted by Gasteiger charge is 2.22. The average Bonchev–Trinajstić information content (AvgIpc) is 3.11. The van der Waals surface area contributed by atoms with Gasteiger partial charge < -0.3 is 9.80 Å². The highest BCUT2D eigenvalue weighted by atomic mass is 32.1. The van der Waals surface area contributed by atoms with Gasteiger partial charge in [0.25, 0.3) is 0 Å². The number of carbonyl (C=O) groups is 1. The first-order valence-corrected chi connectivity index (χ1v) is 10.6. The molecule has 2 aromatic carbocycles. The Morgan fingerprint density at radius 1 is 1.07 bits per heavy atom. The SMILES string of the molecule is CC(=O)c1ccc(N2CC[NH+](Cn3nnn(-c4cccc(C)c4C)c3=S)CC2)cc1. The summed E-state index contributed by atoms with van der Waals surface area (Å²) >= 11 is 5.66. The van der Waals surface area contributed by atoms with Crippen LogP contribution in [0.1, 0.15) is 28.4 Å². The molecule has 0 atom stereocenters. The zero-order valence-electron chi connectivity index (χ0n) is 17.6. The Hall–Kier alpha value is -2.84. The van der Waals surface area contributed by atoms with E-state index >= 15 is 0 Å². The van der Waals surface area contributed by atoms with Gasteiger partial charge in [-0.2, -0.15) is 9.36 Å². The predicted octanol–water partition coefficient (Wildman–Crippen LogP) is 1.98. The molecule has 3 aromatic rings. The Morgan fingerprint density at radius 3 is 2.43 bits per heavy atom. The molecule has 156 valence electrons. The minimum atomic E-state index is 0.0986. The lowest BCUT2D eigenvalue weighted by molar-refractivity contribution is -0.924. The summed E-state index contributed by atoms with van der Waals surface area (Å²) in [4.78, 5) is 15.3. The normalized spacial score (nSPS) is 14.8. The molecule has 1 aliphatic heterocycles. The van der Waals surface area contributed by atoms with Crippen LogP contribution in [0.4, 0.5) is 5.69 Å². The first kappa shape index (κ1) is 20.4. The van der Waals surface area contributed by atoms with Crippen molar-refractivity contribution in [1.82, 2.24) is 19.8 Å². The Kier molecular flexibility index (Phi) is 5.78. The first-order valence-electron chi connectivity index (χ1n) is 10.2. The van der Waals surface area contributed by atoms with Gasteiger partial charge in [-0.15, -0.1) is 0 Å². The second-order valence-electron chi connectivity index (χ2n) is 7.89. The van der Waals surface area contributed by atoms with E-state index in [-0.39, 0.29) is 5.78 Å². The van der Waals surface area contributed by atoms with Gasteiger partial charge in [0.2, 0.25) is 4.77 Å². The summed E-state index contributed by atoms with van der Waals surface area (Å²) in [5, 5.41) is 8.63. The van der Waals surface area contributed by atoms with Gasteiger partial charge in [0.15, 0.2) is 12.5 Å². The Balaban J connectivity index is 1.41. The number of hydrogen-bond acceptors (Lipinski definition) is 5. The van der Waals surface area contributed by atoms with Crippen molar-refractivity contribution in [2.24, 2.45) is 0 Å². The average molecular weight is 424 g/mol. The maximum absolute atomic E-state index is 11.5. The molecule has 0 aliphatic carbocycles. The second kappa shape index (κ2) is 8.49. The zero-order valence-corrected chi connectivity index (χ0v) is 18.4. The maximum atomic E-state index is 11.5.